The Labute approximate surface area is 103 Å². The highest BCUT2D eigenvalue weighted by Crippen LogP contribution is 2.69. The quantitative estimate of drug-likeness (QED) is 0.477. The summed E-state index contributed by atoms with van der Waals surface area (Å²) in [5.41, 5.74) is 0.359. The van der Waals surface area contributed by atoms with Crippen molar-refractivity contribution in [3.05, 3.63) is 30.1 Å². The molecule has 0 aliphatic heterocycles. The first-order valence-electron chi connectivity index (χ1n) is 4.81. The molecule has 8 nitrogen and oxygen atoms in total. The molecule has 0 fully saturated rings. The van der Waals surface area contributed by atoms with E-state index in [1.54, 1.807) is 12.1 Å². The maximum atomic E-state index is 11.1. The van der Waals surface area contributed by atoms with Crippen molar-refractivity contribution >= 4 is 15.2 Å². The smallest absolute Gasteiger partial charge is 0.368 e. The van der Waals surface area contributed by atoms with E-state index in [1.807, 2.05) is 0 Å². The zero-order valence-corrected chi connectivity index (χ0v) is 10.9. The third-order valence-electron chi connectivity index (χ3n) is 2.38. The average molecular weight is 297 g/mol. The van der Waals surface area contributed by atoms with Crippen LogP contribution in [0.2, 0.25) is 0 Å². The van der Waals surface area contributed by atoms with E-state index < -0.39 is 26.7 Å². The summed E-state index contributed by atoms with van der Waals surface area (Å²) < 4.78 is 22.1. The lowest BCUT2D eigenvalue weighted by atomic mass is 10.2. The van der Waals surface area contributed by atoms with E-state index >= 15 is 0 Å². The molecule has 1 aromatic rings. The molecule has 0 saturated carbocycles. The van der Waals surface area contributed by atoms with Gasteiger partial charge in [-0.3, -0.25) is 14.1 Å². The number of aryl methyl sites for hydroxylation is 1. The van der Waals surface area contributed by atoms with Gasteiger partial charge < -0.3 is 24.7 Å². The second-order valence-corrected chi connectivity index (χ2v) is 7.69. The highest BCUT2D eigenvalue weighted by molar-refractivity contribution is 7.72. The number of aliphatic hydroxyl groups is 1. The summed E-state index contributed by atoms with van der Waals surface area (Å²) in [6, 6.07) is 4.73. The van der Waals surface area contributed by atoms with Crippen LogP contribution in [0.3, 0.4) is 0 Å². The summed E-state index contributed by atoms with van der Waals surface area (Å²) in [6.45, 7) is 0. The Morgan fingerprint density at radius 1 is 1.11 bits per heavy atom. The Morgan fingerprint density at radius 2 is 1.67 bits per heavy atom. The largest absolute Gasteiger partial charge is 0.369 e. The Kier molecular flexibility index (Phi) is 4.46. The molecular weight excluding hydrogens is 284 g/mol. The molecule has 0 aromatic carbocycles. The summed E-state index contributed by atoms with van der Waals surface area (Å²) >= 11 is 0. The second-order valence-electron chi connectivity index (χ2n) is 3.68. The summed E-state index contributed by atoms with van der Waals surface area (Å²) in [4.78, 5) is 39.4. The highest BCUT2D eigenvalue weighted by Gasteiger charge is 2.58. The third-order valence-corrected chi connectivity index (χ3v) is 6.25. The molecule has 102 valence electrons. The van der Waals surface area contributed by atoms with Gasteiger partial charge in [-0.15, -0.1) is 0 Å². The minimum Gasteiger partial charge on any atom is -0.368 e. The maximum Gasteiger partial charge on any atom is 0.369 e. The van der Waals surface area contributed by atoms with E-state index in [-0.39, 0.29) is 6.42 Å². The average Bonchev–Trinajstić information content (AvgIpc) is 2.24. The molecule has 5 N–H and O–H groups in total. The van der Waals surface area contributed by atoms with Crippen molar-refractivity contribution in [1.82, 2.24) is 4.98 Å². The maximum absolute atomic E-state index is 11.1. The normalized spacial score (nSPS) is 13.6. The van der Waals surface area contributed by atoms with Gasteiger partial charge in [-0.1, -0.05) is 6.07 Å². The number of pyridine rings is 1. The van der Waals surface area contributed by atoms with Crippen LogP contribution in [0.4, 0.5) is 0 Å². The zero-order valence-electron chi connectivity index (χ0n) is 9.12. The first-order valence-corrected chi connectivity index (χ1v) is 8.04. The molecule has 1 aromatic heterocycles. The van der Waals surface area contributed by atoms with Gasteiger partial charge in [-0.05, 0) is 18.6 Å². The van der Waals surface area contributed by atoms with Crippen LogP contribution in [0.1, 0.15) is 12.1 Å². The third kappa shape index (κ3) is 3.24. The van der Waals surface area contributed by atoms with E-state index in [1.165, 1.54) is 12.3 Å². The molecule has 18 heavy (non-hydrogen) atoms. The SMILES string of the molecule is O=P(O)(O)C(O)(CCc1ccccn1)P(=O)(O)O. The van der Waals surface area contributed by atoms with Crippen molar-refractivity contribution in [2.75, 3.05) is 0 Å². The van der Waals surface area contributed by atoms with Crippen molar-refractivity contribution in [3.63, 3.8) is 0 Å². The molecule has 0 saturated heterocycles. The van der Waals surface area contributed by atoms with E-state index in [4.69, 9.17) is 19.6 Å². The van der Waals surface area contributed by atoms with Crippen LogP contribution < -0.4 is 0 Å². The minimum absolute atomic E-state index is 0.173. The van der Waals surface area contributed by atoms with E-state index in [0.29, 0.717) is 5.69 Å². The predicted octanol–water partition coefficient (Wildman–Crippen LogP) is 0.0157. The van der Waals surface area contributed by atoms with Crippen molar-refractivity contribution in [3.8, 4) is 0 Å². The molecule has 0 spiro atoms. The summed E-state index contributed by atoms with van der Waals surface area (Å²) in [5, 5.41) is 6.21. The van der Waals surface area contributed by atoms with Gasteiger partial charge in [0.15, 0.2) is 0 Å². The Balaban J connectivity index is 2.96. The van der Waals surface area contributed by atoms with Gasteiger partial charge in [-0.25, -0.2) is 0 Å². The lowest BCUT2D eigenvalue weighted by Gasteiger charge is -2.28. The fourth-order valence-corrected chi connectivity index (χ4v) is 3.47. The van der Waals surface area contributed by atoms with Crippen LogP contribution in [-0.2, 0) is 15.6 Å². The van der Waals surface area contributed by atoms with Crippen molar-refractivity contribution in [2.45, 2.75) is 17.9 Å². The fourth-order valence-electron chi connectivity index (χ4n) is 1.30. The molecular formula is C8H13NO7P2. The van der Waals surface area contributed by atoms with Gasteiger partial charge in [0.1, 0.15) is 0 Å². The number of hydrogen-bond acceptors (Lipinski definition) is 4. The molecule has 0 radical (unpaired) electrons. The fraction of sp³-hybridized carbons (Fsp3) is 0.375. The van der Waals surface area contributed by atoms with Crippen LogP contribution in [-0.4, -0.2) is 34.7 Å². The Bertz CT molecular complexity index is 471. The highest BCUT2D eigenvalue weighted by atomic mass is 31.2. The standard InChI is InChI=1S/C8H13NO7P2/c10-8(17(11,12)13,18(14,15)16)5-4-7-3-1-2-6-9-7/h1-3,6,10H,4-5H2,(H2,11,12,13)(H2,14,15,16). The number of rotatable bonds is 5. The van der Waals surface area contributed by atoms with E-state index in [0.717, 1.165) is 0 Å². The van der Waals surface area contributed by atoms with Crippen LogP contribution in [0.15, 0.2) is 24.4 Å². The van der Waals surface area contributed by atoms with Crippen molar-refractivity contribution in [2.24, 2.45) is 0 Å². The number of hydrogen-bond donors (Lipinski definition) is 5. The second kappa shape index (κ2) is 5.19. The van der Waals surface area contributed by atoms with Gasteiger partial charge >= 0.3 is 15.2 Å². The number of nitrogens with zero attached hydrogens (tertiary/aromatic N) is 1. The Hall–Kier alpha value is -0.590. The molecule has 0 aliphatic carbocycles. The van der Waals surface area contributed by atoms with Crippen LogP contribution in [0.25, 0.3) is 0 Å². The lowest BCUT2D eigenvalue weighted by Crippen LogP contribution is -2.29. The van der Waals surface area contributed by atoms with Gasteiger partial charge in [0.25, 0.3) is 5.08 Å². The topological polar surface area (TPSA) is 148 Å². The molecule has 1 rings (SSSR count). The van der Waals surface area contributed by atoms with Gasteiger partial charge in [0, 0.05) is 18.3 Å². The predicted molar refractivity (Wildman–Crippen MR) is 61.6 cm³/mol. The molecule has 0 bridgehead atoms. The summed E-state index contributed by atoms with van der Waals surface area (Å²) in [7, 11) is -10.8. The van der Waals surface area contributed by atoms with Crippen LogP contribution in [0, 0.1) is 0 Å². The molecule has 0 unspecified atom stereocenters. The lowest BCUT2D eigenvalue weighted by molar-refractivity contribution is 0.123. The molecule has 10 heteroatoms. The summed E-state index contributed by atoms with van der Waals surface area (Å²) in [6.07, 6.45) is 0.454. The molecule has 0 aliphatic rings. The van der Waals surface area contributed by atoms with E-state index in [2.05, 4.69) is 4.98 Å². The van der Waals surface area contributed by atoms with Crippen LogP contribution in [0.5, 0.6) is 0 Å². The van der Waals surface area contributed by atoms with Gasteiger partial charge in [0.2, 0.25) is 0 Å². The monoisotopic (exact) mass is 297 g/mol. The first-order chi connectivity index (χ1) is 8.08. The number of aromatic nitrogens is 1. The minimum atomic E-state index is -5.38. The Morgan fingerprint density at radius 3 is 2.06 bits per heavy atom. The van der Waals surface area contributed by atoms with Gasteiger partial charge in [0.05, 0.1) is 0 Å². The molecule has 0 atom stereocenters. The molecule has 0 amide bonds. The molecule has 1 heterocycles. The van der Waals surface area contributed by atoms with Crippen molar-refractivity contribution < 1.29 is 33.8 Å². The van der Waals surface area contributed by atoms with E-state index in [9.17, 15) is 14.2 Å². The first kappa shape index (κ1) is 15.5. The van der Waals surface area contributed by atoms with Crippen LogP contribution >= 0.6 is 15.2 Å². The summed E-state index contributed by atoms with van der Waals surface area (Å²) in [5.74, 6) is 0. The van der Waals surface area contributed by atoms with Crippen molar-refractivity contribution in [1.29, 1.82) is 0 Å². The van der Waals surface area contributed by atoms with Gasteiger partial charge in [-0.2, -0.15) is 0 Å². The zero-order chi connectivity index (χ0) is 14.0.